The first kappa shape index (κ1) is 28.1. The highest BCUT2D eigenvalue weighted by atomic mass is 127. The van der Waals surface area contributed by atoms with Crippen molar-refractivity contribution >= 4 is 29.9 Å². The second-order valence-corrected chi connectivity index (χ2v) is 7.58. The topological polar surface area (TPSA) is 59.9 Å². The van der Waals surface area contributed by atoms with Crippen molar-refractivity contribution in [2.45, 2.75) is 86.2 Å². The summed E-state index contributed by atoms with van der Waals surface area (Å²) in [5.41, 5.74) is 0.114. The Hall–Kier alpha value is -0.0800. The summed E-state index contributed by atoms with van der Waals surface area (Å²) in [5, 5.41) is 16.2. The minimum atomic E-state index is 0. The van der Waals surface area contributed by atoms with Crippen LogP contribution in [0.4, 0.5) is 0 Å². The van der Waals surface area contributed by atoms with E-state index in [0.29, 0.717) is 12.1 Å². The standard InChI is InChI=1S/C20H44N4O.HI/c1-8-20(9-2,12-15-25)16-23-19(21-10-3)22-13-11-14-24(17(4)5)18(6)7;/h17-18,25H,8-16H2,1-7H3,(H2,21,22,23);1H. The molecule has 0 aliphatic carbocycles. The average molecular weight is 485 g/mol. The third-order valence-corrected chi connectivity index (χ3v) is 5.27. The van der Waals surface area contributed by atoms with Crippen LogP contribution in [0.5, 0.6) is 0 Å². The van der Waals surface area contributed by atoms with Crippen molar-refractivity contribution < 1.29 is 5.11 Å². The number of hydrogen-bond donors (Lipinski definition) is 3. The lowest BCUT2D eigenvalue weighted by molar-refractivity contribution is 0.173. The second kappa shape index (κ2) is 15.9. The van der Waals surface area contributed by atoms with Gasteiger partial charge in [-0.1, -0.05) is 13.8 Å². The molecule has 0 fully saturated rings. The lowest BCUT2D eigenvalue weighted by Crippen LogP contribution is -2.42. The Balaban J connectivity index is 0. The molecule has 0 amide bonds. The highest BCUT2D eigenvalue weighted by molar-refractivity contribution is 14.0. The van der Waals surface area contributed by atoms with Gasteiger partial charge in [0, 0.05) is 44.9 Å². The van der Waals surface area contributed by atoms with Gasteiger partial charge in [-0.15, -0.1) is 24.0 Å². The lowest BCUT2D eigenvalue weighted by Gasteiger charge is -2.31. The maximum absolute atomic E-state index is 9.36. The molecule has 0 aromatic rings. The zero-order chi connectivity index (χ0) is 19.3. The van der Waals surface area contributed by atoms with Crippen molar-refractivity contribution in [1.82, 2.24) is 15.5 Å². The van der Waals surface area contributed by atoms with Crippen molar-refractivity contribution in [2.75, 3.05) is 32.8 Å². The van der Waals surface area contributed by atoms with Crippen molar-refractivity contribution in [3.63, 3.8) is 0 Å². The fourth-order valence-corrected chi connectivity index (χ4v) is 3.31. The zero-order valence-corrected chi connectivity index (χ0v) is 20.6. The second-order valence-electron chi connectivity index (χ2n) is 7.58. The summed E-state index contributed by atoms with van der Waals surface area (Å²) in [6, 6.07) is 1.16. The van der Waals surface area contributed by atoms with Crippen LogP contribution in [0.25, 0.3) is 0 Å². The predicted molar refractivity (Wildman–Crippen MR) is 126 cm³/mol. The summed E-state index contributed by atoms with van der Waals surface area (Å²) >= 11 is 0. The van der Waals surface area contributed by atoms with E-state index in [-0.39, 0.29) is 36.0 Å². The quantitative estimate of drug-likeness (QED) is 0.161. The van der Waals surface area contributed by atoms with Gasteiger partial charge in [0.15, 0.2) is 5.96 Å². The van der Waals surface area contributed by atoms with E-state index in [2.05, 4.69) is 64.0 Å². The number of nitrogens with zero attached hydrogens (tertiary/aromatic N) is 2. The van der Waals surface area contributed by atoms with Crippen molar-refractivity contribution in [1.29, 1.82) is 0 Å². The Bertz CT molecular complexity index is 350. The largest absolute Gasteiger partial charge is 0.396 e. The summed E-state index contributed by atoms with van der Waals surface area (Å²) in [5.74, 6) is 0.896. The fourth-order valence-electron chi connectivity index (χ4n) is 3.31. The molecule has 0 saturated heterocycles. The fraction of sp³-hybridized carbons (Fsp3) is 0.950. The van der Waals surface area contributed by atoms with Gasteiger partial charge in [0.25, 0.3) is 0 Å². The summed E-state index contributed by atoms with van der Waals surface area (Å²) in [6.07, 6.45) is 4.01. The van der Waals surface area contributed by atoms with E-state index in [1.54, 1.807) is 0 Å². The molecule has 3 N–H and O–H groups in total. The van der Waals surface area contributed by atoms with E-state index in [0.717, 1.165) is 57.8 Å². The zero-order valence-electron chi connectivity index (χ0n) is 18.3. The molecular formula is C20H45IN4O. The Labute approximate surface area is 179 Å². The van der Waals surface area contributed by atoms with Crippen molar-refractivity contribution in [3.05, 3.63) is 0 Å². The minimum Gasteiger partial charge on any atom is -0.396 e. The van der Waals surface area contributed by atoms with E-state index in [9.17, 15) is 5.11 Å². The molecular weight excluding hydrogens is 439 g/mol. The van der Waals surface area contributed by atoms with Crippen LogP contribution in [-0.4, -0.2) is 60.8 Å². The lowest BCUT2D eigenvalue weighted by atomic mass is 9.79. The number of nitrogens with one attached hydrogen (secondary N) is 2. The Morgan fingerprint density at radius 2 is 1.62 bits per heavy atom. The Kier molecular flexibility index (Phi) is 17.2. The minimum absolute atomic E-state index is 0. The molecule has 0 radical (unpaired) electrons. The number of hydrogen-bond acceptors (Lipinski definition) is 3. The maximum atomic E-state index is 9.36. The monoisotopic (exact) mass is 484 g/mol. The molecule has 0 rings (SSSR count). The van der Waals surface area contributed by atoms with Crippen LogP contribution in [-0.2, 0) is 0 Å². The molecule has 0 atom stereocenters. The van der Waals surface area contributed by atoms with Gasteiger partial charge in [-0.05, 0) is 65.7 Å². The maximum Gasteiger partial charge on any atom is 0.191 e. The van der Waals surface area contributed by atoms with E-state index in [4.69, 9.17) is 4.99 Å². The average Bonchev–Trinajstić information content (AvgIpc) is 2.57. The van der Waals surface area contributed by atoms with Gasteiger partial charge in [-0.3, -0.25) is 9.89 Å². The number of aliphatic imine (C=N–C) groups is 1. The van der Waals surface area contributed by atoms with Crippen LogP contribution in [0.1, 0.15) is 74.1 Å². The number of aliphatic hydroxyl groups is 1. The third-order valence-electron chi connectivity index (χ3n) is 5.27. The van der Waals surface area contributed by atoms with Gasteiger partial charge < -0.3 is 15.7 Å². The highest BCUT2D eigenvalue weighted by Crippen LogP contribution is 2.30. The van der Waals surface area contributed by atoms with Gasteiger partial charge in [0.1, 0.15) is 0 Å². The number of rotatable bonds is 13. The molecule has 158 valence electrons. The molecule has 0 aromatic heterocycles. The molecule has 0 unspecified atom stereocenters. The first-order chi connectivity index (χ1) is 11.9. The van der Waals surface area contributed by atoms with Crippen LogP contribution in [0.3, 0.4) is 0 Å². The summed E-state index contributed by atoms with van der Waals surface area (Å²) in [6.45, 7) is 19.4. The SMILES string of the molecule is CCNC(=NCC(CC)(CC)CCO)NCCCN(C(C)C)C(C)C.I. The molecule has 0 saturated carbocycles. The van der Waals surface area contributed by atoms with Crippen LogP contribution in [0.15, 0.2) is 4.99 Å². The normalized spacial score (nSPS) is 12.7. The molecule has 0 aromatic carbocycles. The smallest absolute Gasteiger partial charge is 0.191 e. The van der Waals surface area contributed by atoms with E-state index < -0.39 is 0 Å². The number of aliphatic hydroxyl groups excluding tert-OH is 1. The van der Waals surface area contributed by atoms with E-state index >= 15 is 0 Å². The predicted octanol–water partition coefficient (Wildman–Crippen LogP) is 3.86. The number of guanidine groups is 1. The highest BCUT2D eigenvalue weighted by Gasteiger charge is 2.25. The summed E-state index contributed by atoms with van der Waals surface area (Å²) in [7, 11) is 0. The summed E-state index contributed by atoms with van der Waals surface area (Å²) < 4.78 is 0. The summed E-state index contributed by atoms with van der Waals surface area (Å²) in [4.78, 5) is 7.32. The van der Waals surface area contributed by atoms with E-state index in [1.807, 2.05) is 0 Å². The van der Waals surface area contributed by atoms with Gasteiger partial charge in [-0.2, -0.15) is 0 Å². The molecule has 0 spiro atoms. The van der Waals surface area contributed by atoms with E-state index in [1.165, 1.54) is 0 Å². The Morgan fingerprint density at radius 1 is 1.04 bits per heavy atom. The van der Waals surface area contributed by atoms with Crippen LogP contribution in [0, 0.1) is 5.41 Å². The van der Waals surface area contributed by atoms with Crippen LogP contribution < -0.4 is 10.6 Å². The van der Waals surface area contributed by atoms with Gasteiger partial charge >= 0.3 is 0 Å². The van der Waals surface area contributed by atoms with Gasteiger partial charge in [0.05, 0.1) is 0 Å². The first-order valence-corrected chi connectivity index (χ1v) is 10.2. The first-order valence-electron chi connectivity index (χ1n) is 10.2. The van der Waals surface area contributed by atoms with Crippen LogP contribution >= 0.6 is 24.0 Å². The van der Waals surface area contributed by atoms with Crippen molar-refractivity contribution in [3.8, 4) is 0 Å². The van der Waals surface area contributed by atoms with Gasteiger partial charge in [-0.25, -0.2) is 0 Å². The van der Waals surface area contributed by atoms with Crippen molar-refractivity contribution in [2.24, 2.45) is 10.4 Å². The molecule has 0 bridgehead atoms. The molecule has 0 aliphatic heterocycles. The molecule has 26 heavy (non-hydrogen) atoms. The molecule has 0 heterocycles. The van der Waals surface area contributed by atoms with Crippen LogP contribution in [0.2, 0.25) is 0 Å². The van der Waals surface area contributed by atoms with Gasteiger partial charge in [0.2, 0.25) is 0 Å². The molecule has 0 aliphatic rings. The third kappa shape index (κ3) is 10.9. The molecule has 5 nitrogen and oxygen atoms in total. The molecule has 6 heteroatoms. The Morgan fingerprint density at radius 3 is 2.04 bits per heavy atom. The number of halogens is 1.